The van der Waals surface area contributed by atoms with Crippen molar-refractivity contribution >= 4 is 26.0 Å². The third-order valence-electron chi connectivity index (χ3n) is 2.42. The molecule has 0 aliphatic heterocycles. The van der Waals surface area contributed by atoms with Gasteiger partial charge in [0, 0.05) is 30.9 Å². The van der Waals surface area contributed by atoms with E-state index >= 15 is 0 Å². The number of aryl methyl sites for hydroxylation is 1. The Morgan fingerprint density at radius 3 is 2.68 bits per heavy atom. The number of pyridine rings is 1. The minimum atomic E-state index is -3.21. The molecule has 0 spiro atoms. The molecule has 0 saturated carbocycles. The standard InChI is InChI=1S/C12H19BrN2O3S/c13-5-10-18-9-1-6-15-19(16,17)11-4-12-2-7-14-8-3-12/h2-3,7-8,15H,1,4-6,9-11H2. The molecule has 7 heteroatoms. The number of hydrogen-bond donors (Lipinski definition) is 1. The Hall–Kier alpha value is -0.500. The second kappa shape index (κ2) is 9.41. The van der Waals surface area contributed by atoms with Crippen molar-refractivity contribution in [1.29, 1.82) is 0 Å². The molecular weight excluding hydrogens is 332 g/mol. The lowest BCUT2D eigenvalue weighted by atomic mass is 10.2. The quantitative estimate of drug-likeness (QED) is 0.510. The van der Waals surface area contributed by atoms with Gasteiger partial charge in [-0.3, -0.25) is 4.98 Å². The average molecular weight is 351 g/mol. The molecule has 1 rings (SSSR count). The smallest absolute Gasteiger partial charge is 0.211 e. The van der Waals surface area contributed by atoms with Gasteiger partial charge in [0.05, 0.1) is 12.4 Å². The Labute approximate surface area is 122 Å². The highest BCUT2D eigenvalue weighted by Crippen LogP contribution is 1.99. The SMILES string of the molecule is O=S(=O)(CCc1ccncc1)NCCCOCCBr. The molecule has 0 amide bonds. The lowest BCUT2D eigenvalue weighted by molar-refractivity contribution is 0.149. The van der Waals surface area contributed by atoms with Gasteiger partial charge in [0.1, 0.15) is 0 Å². The maximum atomic E-state index is 11.7. The molecule has 0 unspecified atom stereocenters. The van der Waals surface area contributed by atoms with Crippen LogP contribution in [0.3, 0.4) is 0 Å². The molecule has 0 aliphatic rings. The summed E-state index contributed by atoms with van der Waals surface area (Å²) in [5.41, 5.74) is 0.973. The summed E-state index contributed by atoms with van der Waals surface area (Å²) in [6.45, 7) is 1.63. The maximum absolute atomic E-state index is 11.7. The minimum Gasteiger partial charge on any atom is -0.381 e. The summed E-state index contributed by atoms with van der Waals surface area (Å²) >= 11 is 3.25. The molecule has 0 bridgehead atoms. The molecule has 5 nitrogen and oxygen atoms in total. The highest BCUT2D eigenvalue weighted by Gasteiger charge is 2.09. The van der Waals surface area contributed by atoms with Gasteiger partial charge < -0.3 is 4.74 Å². The number of nitrogens with one attached hydrogen (secondary N) is 1. The van der Waals surface area contributed by atoms with E-state index in [2.05, 4.69) is 25.6 Å². The fraction of sp³-hybridized carbons (Fsp3) is 0.583. The van der Waals surface area contributed by atoms with E-state index in [-0.39, 0.29) is 5.75 Å². The van der Waals surface area contributed by atoms with E-state index in [9.17, 15) is 8.42 Å². The number of sulfonamides is 1. The van der Waals surface area contributed by atoms with E-state index in [0.29, 0.717) is 32.6 Å². The Kier molecular flexibility index (Phi) is 8.20. The van der Waals surface area contributed by atoms with Crippen LogP contribution in [0.4, 0.5) is 0 Å². The van der Waals surface area contributed by atoms with Crippen LogP contribution in [0.1, 0.15) is 12.0 Å². The van der Waals surface area contributed by atoms with Crippen LogP contribution < -0.4 is 4.72 Å². The van der Waals surface area contributed by atoms with Gasteiger partial charge >= 0.3 is 0 Å². The lowest BCUT2D eigenvalue weighted by Gasteiger charge is -2.07. The minimum absolute atomic E-state index is 0.0965. The van der Waals surface area contributed by atoms with Gasteiger partial charge in [0.25, 0.3) is 0 Å². The Balaban J connectivity index is 2.17. The number of aromatic nitrogens is 1. The summed E-state index contributed by atoms with van der Waals surface area (Å²) < 4.78 is 31.2. The first-order chi connectivity index (χ1) is 9.14. The molecule has 0 aliphatic carbocycles. The van der Waals surface area contributed by atoms with Gasteiger partial charge in [0.15, 0.2) is 0 Å². The second-order valence-corrected chi connectivity index (χ2v) is 6.69. The third-order valence-corrected chi connectivity index (χ3v) is 4.13. The van der Waals surface area contributed by atoms with Crippen LogP contribution >= 0.6 is 15.9 Å². The molecule has 0 aromatic carbocycles. The predicted molar refractivity (Wildman–Crippen MR) is 79.0 cm³/mol. The fourth-order valence-corrected chi connectivity index (χ4v) is 2.77. The van der Waals surface area contributed by atoms with E-state index in [1.54, 1.807) is 12.4 Å². The van der Waals surface area contributed by atoms with Crippen LogP contribution in [0.5, 0.6) is 0 Å². The average Bonchev–Trinajstić information content (AvgIpc) is 2.42. The first-order valence-corrected chi connectivity index (χ1v) is 8.91. The van der Waals surface area contributed by atoms with Gasteiger partial charge in [-0.25, -0.2) is 13.1 Å². The van der Waals surface area contributed by atoms with Crippen molar-refractivity contribution in [2.45, 2.75) is 12.8 Å². The highest BCUT2D eigenvalue weighted by molar-refractivity contribution is 9.09. The molecule has 19 heavy (non-hydrogen) atoms. The first kappa shape index (κ1) is 16.6. The van der Waals surface area contributed by atoms with Crippen LogP contribution in [0.15, 0.2) is 24.5 Å². The molecular formula is C12H19BrN2O3S. The number of rotatable bonds is 10. The molecule has 1 aromatic heterocycles. The largest absolute Gasteiger partial charge is 0.381 e. The molecule has 1 heterocycles. The topological polar surface area (TPSA) is 68.3 Å². The number of alkyl halides is 1. The van der Waals surface area contributed by atoms with E-state index in [1.807, 2.05) is 12.1 Å². The summed E-state index contributed by atoms with van der Waals surface area (Å²) in [6, 6.07) is 3.65. The number of ether oxygens (including phenoxy) is 1. The summed E-state index contributed by atoms with van der Waals surface area (Å²) in [7, 11) is -3.21. The Morgan fingerprint density at radius 1 is 1.26 bits per heavy atom. The fourth-order valence-electron chi connectivity index (χ4n) is 1.43. The van der Waals surface area contributed by atoms with Crippen molar-refractivity contribution in [3.63, 3.8) is 0 Å². The van der Waals surface area contributed by atoms with E-state index in [1.165, 1.54) is 0 Å². The summed E-state index contributed by atoms with van der Waals surface area (Å²) in [5, 5.41) is 0.796. The summed E-state index contributed by atoms with van der Waals surface area (Å²) in [5.74, 6) is 0.0965. The Morgan fingerprint density at radius 2 is 2.00 bits per heavy atom. The van der Waals surface area contributed by atoms with Gasteiger partial charge in [-0.05, 0) is 30.5 Å². The lowest BCUT2D eigenvalue weighted by Crippen LogP contribution is -2.28. The monoisotopic (exact) mass is 350 g/mol. The summed E-state index contributed by atoms with van der Waals surface area (Å²) in [6.07, 6.45) is 4.51. The highest BCUT2D eigenvalue weighted by atomic mass is 79.9. The van der Waals surface area contributed by atoms with Crippen molar-refractivity contribution in [2.75, 3.05) is 30.8 Å². The van der Waals surface area contributed by atoms with Crippen molar-refractivity contribution in [3.8, 4) is 0 Å². The third kappa shape index (κ3) is 8.30. The zero-order chi connectivity index (χ0) is 14.0. The number of nitrogens with zero attached hydrogens (tertiary/aromatic N) is 1. The molecule has 0 saturated heterocycles. The maximum Gasteiger partial charge on any atom is 0.211 e. The van der Waals surface area contributed by atoms with E-state index < -0.39 is 10.0 Å². The van der Waals surface area contributed by atoms with Crippen molar-refractivity contribution in [1.82, 2.24) is 9.71 Å². The van der Waals surface area contributed by atoms with Crippen LogP contribution in [0.2, 0.25) is 0 Å². The van der Waals surface area contributed by atoms with Gasteiger partial charge in [0.2, 0.25) is 10.0 Å². The molecule has 1 aromatic rings. The van der Waals surface area contributed by atoms with Crippen LogP contribution in [-0.4, -0.2) is 44.2 Å². The molecule has 0 atom stereocenters. The van der Waals surface area contributed by atoms with Gasteiger partial charge in [-0.1, -0.05) is 15.9 Å². The summed E-state index contributed by atoms with van der Waals surface area (Å²) in [4.78, 5) is 3.89. The zero-order valence-corrected chi connectivity index (χ0v) is 13.1. The van der Waals surface area contributed by atoms with Gasteiger partial charge in [-0.15, -0.1) is 0 Å². The molecule has 0 fully saturated rings. The van der Waals surface area contributed by atoms with Gasteiger partial charge in [-0.2, -0.15) is 0 Å². The van der Waals surface area contributed by atoms with Crippen molar-refractivity contribution in [3.05, 3.63) is 30.1 Å². The molecule has 1 N–H and O–H groups in total. The number of halogens is 1. The zero-order valence-electron chi connectivity index (χ0n) is 10.7. The Bertz CT molecular complexity index is 440. The van der Waals surface area contributed by atoms with Crippen molar-refractivity contribution < 1.29 is 13.2 Å². The second-order valence-electron chi connectivity index (χ2n) is 3.97. The normalized spacial score (nSPS) is 11.6. The van der Waals surface area contributed by atoms with E-state index in [0.717, 1.165) is 10.9 Å². The van der Waals surface area contributed by atoms with Crippen LogP contribution in [0.25, 0.3) is 0 Å². The van der Waals surface area contributed by atoms with E-state index in [4.69, 9.17) is 4.74 Å². The first-order valence-electron chi connectivity index (χ1n) is 6.14. The molecule has 108 valence electrons. The van der Waals surface area contributed by atoms with Crippen LogP contribution in [-0.2, 0) is 21.2 Å². The molecule has 0 radical (unpaired) electrons. The number of hydrogen-bond acceptors (Lipinski definition) is 4. The predicted octanol–water partition coefficient (Wildman–Crippen LogP) is 1.35. The van der Waals surface area contributed by atoms with Crippen molar-refractivity contribution in [2.24, 2.45) is 0 Å². The van der Waals surface area contributed by atoms with Crippen LogP contribution in [0, 0.1) is 0 Å².